The summed E-state index contributed by atoms with van der Waals surface area (Å²) in [4.78, 5) is 16.1. The van der Waals surface area contributed by atoms with Crippen molar-refractivity contribution >= 4 is 22.9 Å². The zero-order valence-electron chi connectivity index (χ0n) is 12.9. The van der Waals surface area contributed by atoms with Crippen LogP contribution in [0.4, 0.5) is 29.1 Å². The Morgan fingerprint density at radius 3 is 2.68 bits per heavy atom. The second-order valence-electron chi connectivity index (χ2n) is 5.16. The van der Waals surface area contributed by atoms with Gasteiger partial charge in [-0.25, -0.2) is 9.37 Å². The van der Waals surface area contributed by atoms with Gasteiger partial charge in [0.05, 0.1) is 11.3 Å². The van der Waals surface area contributed by atoms with Crippen molar-refractivity contribution in [3.63, 3.8) is 0 Å². The number of carbonyl (C=O) groups is 1. The van der Waals surface area contributed by atoms with E-state index in [0.717, 1.165) is 12.1 Å². The van der Waals surface area contributed by atoms with Gasteiger partial charge in [-0.3, -0.25) is 4.79 Å². The summed E-state index contributed by atoms with van der Waals surface area (Å²) in [6.07, 6.45) is -2.49. The molecule has 0 saturated carbocycles. The number of nitrogens with zero attached hydrogens (tertiary/aromatic N) is 2. The molecule has 3 aromatic heterocycles. The molecule has 0 aliphatic heterocycles. The number of aromatic nitrogens is 2. The highest BCUT2D eigenvalue weighted by molar-refractivity contribution is 6.05. The van der Waals surface area contributed by atoms with Crippen LogP contribution in [0.15, 0.2) is 42.7 Å². The van der Waals surface area contributed by atoms with E-state index >= 15 is 0 Å². The van der Waals surface area contributed by atoms with Crippen LogP contribution in [0.25, 0.3) is 5.52 Å². The molecule has 0 saturated heterocycles. The standard InChI is InChI=1S/C16H12F4N4O/c1-21-14-12(6-9(8-22-14)16(18,19)20)23-15(25)13-11(17)7-10-4-2-3-5-24(10)13/h2-8H,1H3,(H,21,22)(H,23,25). The molecule has 0 atom stereocenters. The van der Waals surface area contributed by atoms with E-state index in [2.05, 4.69) is 15.6 Å². The molecule has 0 aliphatic rings. The topological polar surface area (TPSA) is 58.4 Å². The number of halogens is 4. The van der Waals surface area contributed by atoms with Crippen molar-refractivity contribution in [1.29, 1.82) is 0 Å². The van der Waals surface area contributed by atoms with E-state index in [-0.39, 0.29) is 17.2 Å². The fourth-order valence-corrected chi connectivity index (χ4v) is 2.40. The molecule has 0 radical (unpaired) electrons. The number of fused-ring (bicyclic) bond motifs is 1. The number of alkyl halides is 3. The van der Waals surface area contributed by atoms with Gasteiger partial charge in [-0.15, -0.1) is 0 Å². The molecule has 5 nitrogen and oxygen atoms in total. The van der Waals surface area contributed by atoms with Crippen LogP contribution >= 0.6 is 0 Å². The highest BCUT2D eigenvalue weighted by Crippen LogP contribution is 2.32. The predicted octanol–water partition coefficient (Wildman–Crippen LogP) is 3.79. The summed E-state index contributed by atoms with van der Waals surface area (Å²) < 4.78 is 54.0. The SMILES string of the molecule is CNc1ncc(C(F)(F)F)cc1NC(=O)c1c(F)cc2ccccn12. The summed E-state index contributed by atoms with van der Waals surface area (Å²) in [6, 6.07) is 6.79. The summed E-state index contributed by atoms with van der Waals surface area (Å²) in [5.41, 5.74) is -1.09. The minimum atomic E-state index is -4.62. The fourth-order valence-electron chi connectivity index (χ4n) is 2.40. The third kappa shape index (κ3) is 3.12. The van der Waals surface area contributed by atoms with E-state index in [1.807, 2.05) is 0 Å². The molecule has 0 fully saturated rings. The van der Waals surface area contributed by atoms with E-state index in [1.54, 1.807) is 18.2 Å². The second-order valence-corrected chi connectivity index (χ2v) is 5.16. The number of anilines is 2. The number of hydrogen-bond donors (Lipinski definition) is 2. The molecule has 3 heterocycles. The number of hydrogen-bond acceptors (Lipinski definition) is 3. The van der Waals surface area contributed by atoms with Crippen molar-refractivity contribution in [3.05, 3.63) is 59.8 Å². The highest BCUT2D eigenvalue weighted by atomic mass is 19.4. The Bertz CT molecular complexity index is 949. The monoisotopic (exact) mass is 352 g/mol. The van der Waals surface area contributed by atoms with E-state index in [0.29, 0.717) is 11.7 Å². The highest BCUT2D eigenvalue weighted by Gasteiger charge is 2.32. The van der Waals surface area contributed by atoms with E-state index < -0.39 is 23.5 Å². The van der Waals surface area contributed by atoms with Crippen LogP contribution in [0.3, 0.4) is 0 Å². The average molecular weight is 352 g/mol. The quantitative estimate of drug-likeness (QED) is 0.705. The Balaban J connectivity index is 2.01. The summed E-state index contributed by atoms with van der Waals surface area (Å²) >= 11 is 0. The van der Waals surface area contributed by atoms with E-state index in [1.165, 1.54) is 17.6 Å². The molecule has 0 spiro atoms. The van der Waals surface area contributed by atoms with Crippen molar-refractivity contribution in [1.82, 2.24) is 9.38 Å². The van der Waals surface area contributed by atoms with Gasteiger partial charge in [-0.1, -0.05) is 6.07 Å². The number of pyridine rings is 2. The Kier molecular flexibility index (Phi) is 4.07. The number of carbonyl (C=O) groups excluding carboxylic acids is 1. The first-order valence-electron chi connectivity index (χ1n) is 7.13. The number of nitrogens with one attached hydrogen (secondary N) is 2. The van der Waals surface area contributed by atoms with Gasteiger partial charge in [0.15, 0.2) is 5.82 Å². The van der Waals surface area contributed by atoms with Gasteiger partial charge >= 0.3 is 6.18 Å². The second kappa shape index (κ2) is 6.08. The minimum absolute atomic E-state index is 0.0302. The van der Waals surface area contributed by atoms with Crippen molar-refractivity contribution in [3.8, 4) is 0 Å². The molecule has 0 aromatic carbocycles. The Labute approximate surface area is 139 Å². The number of rotatable bonds is 3. The van der Waals surface area contributed by atoms with Crippen molar-refractivity contribution in [2.45, 2.75) is 6.18 Å². The molecule has 3 rings (SSSR count). The Morgan fingerprint density at radius 2 is 2.00 bits per heavy atom. The minimum Gasteiger partial charge on any atom is -0.371 e. The number of amides is 1. The molecule has 2 N–H and O–H groups in total. The van der Waals surface area contributed by atoms with Crippen molar-refractivity contribution < 1.29 is 22.4 Å². The lowest BCUT2D eigenvalue weighted by Crippen LogP contribution is -2.18. The van der Waals surface area contributed by atoms with Crippen LogP contribution in [0, 0.1) is 5.82 Å². The van der Waals surface area contributed by atoms with Gasteiger partial charge in [0, 0.05) is 31.0 Å². The molecule has 1 amide bonds. The van der Waals surface area contributed by atoms with Crippen LogP contribution in [0.2, 0.25) is 0 Å². The smallest absolute Gasteiger partial charge is 0.371 e. The molecular formula is C16H12F4N4O. The van der Waals surface area contributed by atoms with Gasteiger partial charge in [0.1, 0.15) is 11.5 Å². The van der Waals surface area contributed by atoms with Crippen LogP contribution < -0.4 is 10.6 Å². The van der Waals surface area contributed by atoms with Crippen LogP contribution in [-0.2, 0) is 6.18 Å². The molecule has 130 valence electrons. The van der Waals surface area contributed by atoms with Gasteiger partial charge in [-0.2, -0.15) is 13.2 Å². The first-order valence-corrected chi connectivity index (χ1v) is 7.13. The lowest BCUT2D eigenvalue weighted by Gasteiger charge is -2.13. The van der Waals surface area contributed by atoms with Gasteiger partial charge in [0.2, 0.25) is 0 Å². The fraction of sp³-hybridized carbons (Fsp3) is 0.125. The van der Waals surface area contributed by atoms with Gasteiger partial charge in [0.25, 0.3) is 5.91 Å². The normalized spacial score (nSPS) is 11.6. The van der Waals surface area contributed by atoms with Gasteiger partial charge < -0.3 is 15.0 Å². The summed E-state index contributed by atoms with van der Waals surface area (Å²) in [5, 5.41) is 4.87. The van der Waals surface area contributed by atoms with Gasteiger partial charge in [-0.05, 0) is 18.2 Å². The first-order chi connectivity index (χ1) is 11.8. The van der Waals surface area contributed by atoms with E-state index in [4.69, 9.17) is 0 Å². The Morgan fingerprint density at radius 1 is 1.24 bits per heavy atom. The van der Waals surface area contributed by atoms with Crippen LogP contribution in [-0.4, -0.2) is 22.3 Å². The van der Waals surface area contributed by atoms with E-state index in [9.17, 15) is 22.4 Å². The lowest BCUT2D eigenvalue weighted by atomic mass is 10.2. The molecule has 25 heavy (non-hydrogen) atoms. The molecule has 0 unspecified atom stereocenters. The molecule has 0 aliphatic carbocycles. The van der Waals surface area contributed by atoms with Crippen molar-refractivity contribution in [2.75, 3.05) is 17.7 Å². The third-order valence-electron chi connectivity index (χ3n) is 3.55. The van der Waals surface area contributed by atoms with Crippen molar-refractivity contribution in [2.24, 2.45) is 0 Å². The molecule has 3 aromatic rings. The third-order valence-corrected chi connectivity index (χ3v) is 3.55. The van der Waals surface area contributed by atoms with Crippen LogP contribution in [0.1, 0.15) is 16.1 Å². The molecule has 0 bridgehead atoms. The zero-order chi connectivity index (χ0) is 18.2. The predicted molar refractivity (Wildman–Crippen MR) is 84.1 cm³/mol. The first kappa shape index (κ1) is 16.7. The average Bonchev–Trinajstić information content (AvgIpc) is 2.89. The maximum atomic E-state index is 14.1. The zero-order valence-corrected chi connectivity index (χ0v) is 12.9. The maximum absolute atomic E-state index is 14.1. The summed E-state index contributed by atoms with van der Waals surface area (Å²) in [7, 11) is 1.44. The maximum Gasteiger partial charge on any atom is 0.417 e. The molecular weight excluding hydrogens is 340 g/mol. The lowest BCUT2D eigenvalue weighted by molar-refractivity contribution is -0.137. The molecule has 9 heteroatoms. The Hall–Kier alpha value is -3.10. The largest absolute Gasteiger partial charge is 0.417 e. The summed E-state index contributed by atoms with van der Waals surface area (Å²) in [6.45, 7) is 0. The summed E-state index contributed by atoms with van der Waals surface area (Å²) in [5.74, 6) is -1.64. The van der Waals surface area contributed by atoms with Crippen LogP contribution in [0.5, 0.6) is 0 Å².